The average molecular weight is 287 g/mol. The first-order chi connectivity index (χ1) is 8.97. The second-order valence-corrected chi connectivity index (χ2v) is 5.75. The molecule has 3 nitrogen and oxygen atoms in total. The Morgan fingerprint density at radius 1 is 1.42 bits per heavy atom. The van der Waals surface area contributed by atoms with Crippen LogP contribution >= 0.6 is 11.6 Å². The van der Waals surface area contributed by atoms with Crippen molar-refractivity contribution < 1.29 is 9.50 Å². The summed E-state index contributed by atoms with van der Waals surface area (Å²) in [7, 11) is 4.04. The van der Waals surface area contributed by atoms with Gasteiger partial charge in [0.05, 0.1) is 6.10 Å². The fraction of sp³-hybridized carbons (Fsp3) is 0.571. The molecule has 1 aliphatic heterocycles. The third-order valence-corrected chi connectivity index (χ3v) is 4.02. The van der Waals surface area contributed by atoms with Gasteiger partial charge in [0, 0.05) is 37.1 Å². The molecule has 1 aromatic carbocycles. The summed E-state index contributed by atoms with van der Waals surface area (Å²) in [6.45, 7) is 2.71. The molecule has 19 heavy (non-hydrogen) atoms. The molecule has 1 aromatic rings. The Morgan fingerprint density at radius 2 is 2.16 bits per heavy atom. The maximum Gasteiger partial charge on any atom is 0.127 e. The standard InChI is InChI=1S/C14H20ClFN2O/c1-17-5-6-18(2)13(9-17)14(19)7-10-3-4-11(15)8-12(10)16/h3-4,8,13-14,19H,5-7,9H2,1-2H3. The van der Waals surface area contributed by atoms with Gasteiger partial charge in [0.15, 0.2) is 0 Å². The quantitative estimate of drug-likeness (QED) is 0.915. The molecule has 0 aliphatic carbocycles. The third kappa shape index (κ3) is 3.66. The molecule has 5 heteroatoms. The Bertz CT molecular complexity index is 443. The Labute approximate surface area is 118 Å². The van der Waals surface area contributed by atoms with Crippen molar-refractivity contribution in [2.45, 2.75) is 18.6 Å². The first-order valence-electron chi connectivity index (χ1n) is 6.48. The first-order valence-corrected chi connectivity index (χ1v) is 6.86. The van der Waals surface area contributed by atoms with Gasteiger partial charge in [-0.2, -0.15) is 0 Å². The van der Waals surface area contributed by atoms with E-state index in [0.717, 1.165) is 19.6 Å². The minimum Gasteiger partial charge on any atom is -0.391 e. The van der Waals surface area contributed by atoms with Crippen LogP contribution in [0.5, 0.6) is 0 Å². The summed E-state index contributed by atoms with van der Waals surface area (Å²) < 4.78 is 13.7. The van der Waals surface area contributed by atoms with Crippen LogP contribution in [0, 0.1) is 5.82 Å². The first kappa shape index (κ1) is 14.7. The molecule has 1 saturated heterocycles. The number of halogens is 2. The van der Waals surface area contributed by atoms with Crippen LogP contribution in [-0.2, 0) is 6.42 Å². The van der Waals surface area contributed by atoms with E-state index in [9.17, 15) is 9.50 Å². The van der Waals surface area contributed by atoms with E-state index in [-0.39, 0.29) is 11.9 Å². The van der Waals surface area contributed by atoms with Crippen LogP contribution in [0.2, 0.25) is 5.02 Å². The van der Waals surface area contributed by atoms with Gasteiger partial charge >= 0.3 is 0 Å². The lowest BCUT2D eigenvalue weighted by Crippen LogP contribution is -2.55. The summed E-state index contributed by atoms with van der Waals surface area (Å²) >= 11 is 5.73. The second-order valence-electron chi connectivity index (χ2n) is 5.32. The summed E-state index contributed by atoms with van der Waals surface area (Å²) in [6, 6.07) is 4.63. The highest BCUT2D eigenvalue weighted by Gasteiger charge is 2.29. The molecule has 2 unspecified atom stereocenters. The maximum absolute atomic E-state index is 13.7. The zero-order valence-corrected chi connectivity index (χ0v) is 12.1. The Balaban J connectivity index is 2.05. The maximum atomic E-state index is 13.7. The summed E-state index contributed by atoms with van der Waals surface area (Å²) in [5.74, 6) is -0.349. The molecule has 2 rings (SSSR count). The smallest absolute Gasteiger partial charge is 0.127 e. The van der Waals surface area contributed by atoms with Crippen molar-refractivity contribution in [1.29, 1.82) is 0 Å². The van der Waals surface area contributed by atoms with Gasteiger partial charge < -0.3 is 10.0 Å². The number of benzene rings is 1. The number of hydrogen-bond donors (Lipinski definition) is 1. The zero-order chi connectivity index (χ0) is 14.0. The molecule has 1 aliphatic rings. The van der Waals surface area contributed by atoms with E-state index in [1.807, 2.05) is 14.1 Å². The fourth-order valence-electron chi connectivity index (χ4n) is 2.51. The topological polar surface area (TPSA) is 26.7 Å². The van der Waals surface area contributed by atoms with Crippen LogP contribution in [0.1, 0.15) is 5.56 Å². The molecule has 2 atom stereocenters. The molecular weight excluding hydrogens is 267 g/mol. The van der Waals surface area contributed by atoms with Gasteiger partial charge in [-0.15, -0.1) is 0 Å². The van der Waals surface area contributed by atoms with Crippen molar-refractivity contribution in [3.8, 4) is 0 Å². The highest BCUT2D eigenvalue weighted by Crippen LogP contribution is 2.19. The molecule has 106 valence electrons. The van der Waals surface area contributed by atoms with Crippen molar-refractivity contribution in [3.63, 3.8) is 0 Å². The molecule has 0 bridgehead atoms. The van der Waals surface area contributed by atoms with E-state index in [4.69, 9.17) is 11.6 Å². The molecule has 0 amide bonds. The summed E-state index contributed by atoms with van der Waals surface area (Å²) in [6.07, 6.45) is -0.269. The second kappa shape index (κ2) is 6.18. The Morgan fingerprint density at radius 3 is 2.84 bits per heavy atom. The van der Waals surface area contributed by atoms with E-state index in [2.05, 4.69) is 9.80 Å². The minimum atomic E-state index is -0.580. The van der Waals surface area contributed by atoms with E-state index >= 15 is 0 Å². The zero-order valence-electron chi connectivity index (χ0n) is 11.3. The van der Waals surface area contributed by atoms with Crippen molar-refractivity contribution in [2.24, 2.45) is 0 Å². The van der Waals surface area contributed by atoms with E-state index in [1.54, 1.807) is 12.1 Å². The van der Waals surface area contributed by atoms with Crippen molar-refractivity contribution in [2.75, 3.05) is 33.7 Å². The number of nitrogens with zero attached hydrogens (tertiary/aromatic N) is 2. The number of rotatable bonds is 3. The molecule has 0 aromatic heterocycles. The Kier molecular flexibility index (Phi) is 4.79. The van der Waals surface area contributed by atoms with Crippen LogP contribution < -0.4 is 0 Å². The highest BCUT2D eigenvalue weighted by molar-refractivity contribution is 6.30. The lowest BCUT2D eigenvalue weighted by Gasteiger charge is -2.40. The fourth-order valence-corrected chi connectivity index (χ4v) is 2.67. The normalized spacial score (nSPS) is 23.5. The number of likely N-dealkylation sites (N-methyl/N-ethyl adjacent to an activating group) is 2. The molecular formula is C14H20ClFN2O. The Hall–Kier alpha value is -0.680. The predicted molar refractivity (Wildman–Crippen MR) is 75.0 cm³/mol. The van der Waals surface area contributed by atoms with Gasteiger partial charge in [-0.1, -0.05) is 17.7 Å². The lowest BCUT2D eigenvalue weighted by atomic mass is 9.99. The molecule has 1 fully saturated rings. The molecule has 0 saturated carbocycles. The van der Waals surface area contributed by atoms with E-state index in [1.165, 1.54) is 6.07 Å². The largest absolute Gasteiger partial charge is 0.391 e. The van der Waals surface area contributed by atoms with Crippen molar-refractivity contribution >= 4 is 11.6 Å². The van der Waals surface area contributed by atoms with Crippen LogP contribution in [0.25, 0.3) is 0 Å². The molecule has 0 radical (unpaired) electrons. The average Bonchev–Trinajstić information content (AvgIpc) is 2.35. The van der Waals surface area contributed by atoms with Gasteiger partial charge in [0.25, 0.3) is 0 Å². The SMILES string of the molecule is CN1CCN(C)C(C(O)Cc2ccc(Cl)cc2F)C1. The third-order valence-electron chi connectivity index (χ3n) is 3.79. The monoisotopic (exact) mass is 286 g/mol. The van der Waals surface area contributed by atoms with Crippen LogP contribution in [0.4, 0.5) is 4.39 Å². The van der Waals surface area contributed by atoms with Gasteiger partial charge in [0.2, 0.25) is 0 Å². The summed E-state index contributed by atoms with van der Waals surface area (Å²) in [4.78, 5) is 4.32. The highest BCUT2D eigenvalue weighted by atomic mass is 35.5. The number of hydrogen-bond acceptors (Lipinski definition) is 3. The molecule has 1 N–H and O–H groups in total. The van der Waals surface area contributed by atoms with Gasteiger partial charge in [-0.3, -0.25) is 4.90 Å². The van der Waals surface area contributed by atoms with Crippen LogP contribution in [0.3, 0.4) is 0 Å². The number of aliphatic hydroxyl groups excluding tert-OH is 1. The van der Waals surface area contributed by atoms with E-state index in [0.29, 0.717) is 17.0 Å². The lowest BCUT2D eigenvalue weighted by molar-refractivity contribution is 0.0149. The van der Waals surface area contributed by atoms with Crippen molar-refractivity contribution in [1.82, 2.24) is 9.80 Å². The van der Waals surface area contributed by atoms with Gasteiger partial charge in [-0.05, 0) is 31.8 Å². The summed E-state index contributed by atoms with van der Waals surface area (Å²) in [5, 5.41) is 10.7. The van der Waals surface area contributed by atoms with Crippen LogP contribution in [0.15, 0.2) is 18.2 Å². The predicted octanol–water partition coefficient (Wildman–Crippen LogP) is 1.63. The van der Waals surface area contributed by atoms with Gasteiger partial charge in [0.1, 0.15) is 5.82 Å². The number of aliphatic hydroxyl groups is 1. The molecule has 0 spiro atoms. The number of piperazine rings is 1. The molecule has 1 heterocycles. The van der Waals surface area contributed by atoms with Crippen molar-refractivity contribution in [3.05, 3.63) is 34.6 Å². The summed E-state index contributed by atoms with van der Waals surface area (Å²) in [5.41, 5.74) is 0.513. The minimum absolute atomic E-state index is 0.0360. The van der Waals surface area contributed by atoms with Crippen LogP contribution in [-0.4, -0.2) is 60.8 Å². The van der Waals surface area contributed by atoms with Gasteiger partial charge in [-0.25, -0.2) is 4.39 Å². The van der Waals surface area contributed by atoms with E-state index < -0.39 is 6.10 Å².